The summed E-state index contributed by atoms with van der Waals surface area (Å²) in [5, 5.41) is 15.4. The molecule has 34 heavy (non-hydrogen) atoms. The SMILES string of the molecule is Cc1cnn(CCCOc2cccc(CN3CCOC[C@@](O)(COc4cccc(F)c4)C3)c2)c1. The van der Waals surface area contributed by atoms with Gasteiger partial charge in [-0.25, -0.2) is 4.39 Å². The Balaban J connectivity index is 1.28. The third-order valence-electron chi connectivity index (χ3n) is 5.61. The molecule has 2 heterocycles. The topological polar surface area (TPSA) is 69.0 Å². The molecule has 0 saturated carbocycles. The Morgan fingerprint density at radius 1 is 1.15 bits per heavy atom. The fourth-order valence-electron chi connectivity index (χ4n) is 3.99. The highest BCUT2D eigenvalue weighted by Crippen LogP contribution is 2.20. The summed E-state index contributed by atoms with van der Waals surface area (Å²) in [6.07, 6.45) is 4.75. The van der Waals surface area contributed by atoms with Crippen LogP contribution < -0.4 is 9.47 Å². The maximum absolute atomic E-state index is 13.4. The van der Waals surface area contributed by atoms with E-state index in [-0.39, 0.29) is 19.0 Å². The Kier molecular flexibility index (Phi) is 8.16. The fraction of sp³-hybridized carbons (Fsp3) is 0.423. The number of aryl methyl sites for hydroxylation is 2. The molecule has 1 saturated heterocycles. The lowest BCUT2D eigenvalue weighted by Crippen LogP contribution is -2.48. The van der Waals surface area contributed by atoms with Crippen LogP contribution in [0.2, 0.25) is 0 Å². The van der Waals surface area contributed by atoms with Gasteiger partial charge in [0.05, 0.1) is 26.0 Å². The molecule has 1 aliphatic rings. The molecule has 0 aliphatic carbocycles. The molecule has 2 aromatic carbocycles. The Morgan fingerprint density at radius 3 is 2.76 bits per heavy atom. The fourth-order valence-corrected chi connectivity index (χ4v) is 3.99. The van der Waals surface area contributed by atoms with Crippen molar-refractivity contribution in [3.63, 3.8) is 0 Å². The molecule has 1 N–H and O–H groups in total. The second kappa shape index (κ2) is 11.5. The van der Waals surface area contributed by atoms with Gasteiger partial charge in [-0.15, -0.1) is 0 Å². The molecule has 0 radical (unpaired) electrons. The van der Waals surface area contributed by atoms with E-state index in [4.69, 9.17) is 14.2 Å². The van der Waals surface area contributed by atoms with Crippen LogP contribution in [0, 0.1) is 12.7 Å². The summed E-state index contributed by atoms with van der Waals surface area (Å²) >= 11 is 0. The smallest absolute Gasteiger partial charge is 0.134 e. The van der Waals surface area contributed by atoms with Crippen molar-refractivity contribution in [3.05, 3.63) is 77.9 Å². The number of halogens is 1. The molecule has 1 aromatic heterocycles. The average Bonchev–Trinajstić information content (AvgIpc) is 3.14. The van der Waals surface area contributed by atoms with Crippen LogP contribution in [-0.2, 0) is 17.8 Å². The van der Waals surface area contributed by atoms with Gasteiger partial charge in [-0.2, -0.15) is 5.10 Å². The van der Waals surface area contributed by atoms with Crippen molar-refractivity contribution in [2.75, 3.05) is 39.5 Å². The van der Waals surface area contributed by atoms with E-state index in [1.807, 2.05) is 48.3 Å². The van der Waals surface area contributed by atoms with Crippen molar-refractivity contribution in [3.8, 4) is 11.5 Å². The molecular formula is C26H32FN3O4. The third-order valence-corrected chi connectivity index (χ3v) is 5.61. The minimum absolute atomic E-state index is 0.0197. The van der Waals surface area contributed by atoms with Gasteiger partial charge in [-0.3, -0.25) is 9.58 Å². The van der Waals surface area contributed by atoms with Gasteiger partial charge in [-0.05, 0) is 42.3 Å². The van der Waals surface area contributed by atoms with Crippen LogP contribution in [0.25, 0.3) is 0 Å². The van der Waals surface area contributed by atoms with Crippen LogP contribution >= 0.6 is 0 Å². The van der Waals surface area contributed by atoms with Gasteiger partial charge in [0.1, 0.15) is 29.5 Å². The quantitative estimate of drug-likeness (QED) is 0.459. The minimum atomic E-state index is -1.19. The van der Waals surface area contributed by atoms with Gasteiger partial charge in [0.2, 0.25) is 0 Å². The molecule has 8 heteroatoms. The summed E-state index contributed by atoms with van der Waals surface area (Å²) < 4.78 is 32.6. The van der Waals surface area contributed by atoms with E-state index in [0.717, 1.165) is 29.8 Å². The van der Waals surface area contributed by atoms with Crippen molar-refractivity contribution < 1.29 is 23.7 Å². The number of benzene rings is 2. The average molecular weight is 470 g/mol. The first-order chi connectivity index (χ1) is 16.5. The van der Waals surface area contributed by atoms with E-state index in [2.05, 4.69) is 10.00 Å². The predicted octanol–water partition coefficient (Wildman–Crippen LogP) is 3.44. The Morgan fingerprint density at radius 2 is 1.97 bits per heavy atom. The first-order valence-electron chi connectivity index (χ1n) is 11.6. The number of rotatable bonds is 10. The molecular weight excluding hydrogens is 437 g/mol. The van der Waals surface area contributed by atoms with Crippen LogP contribution in [0.5, 0.6) is 11.5 Å². The zero-order valence-corrected chi connectivity index (χ0v) is 19.5. The lowest BCUT2D eigenvalue weighted by molar-refractivity contribution is -0.0647. The highest BCUT2D eigenvalue weighted by molar-refractivity contribution is 5.28. The maximum atomic E-state index is 13.4. The summed E-state index contributed by atoms with van der Waals surface area (Å²) in [5.74, 6) is 0.837. The number of β-amino-alcohol motifs (C(OH)–C–C–N with tert-alkyl or cyclic N) is 1. The van der Waals surface area contributed by atoms with Crippen molar-refractivity contribution in [1.82, 2.24) is 14.7 Å². The molecule has 7 nitrogen and oxygen atoms in total. The van der Waals surface area contributed by atoms with Gasteiger partial charge in [0, 0.05) is 44.9 Å². The summed E-state index contributed by atoms with van der Waals surface area (Å²) in [4.78, 5) is 2.14. The van der Waals surface area contributed by atoms with E-state index in [0.29, 0.717) is 38.6 Å². The highest BCUT2D eigenvalue weighted by atomic mass is 19.1. The molecule has 4 rings (SSSR count). The van der Waals surface area contributed by atoms with Crippen molar-refractivity contribution in [2.24, 2.45) is 0 Å². The van der Waals surface area contributed by atoms with E-state index in [1.54, 1.807) is 12.1 Å². The van der Waals surface area contributed by atoms with Gasteiger partial charge in [0.25, 0.3) is 0 Å². The van der Waals surface area contributed by atoms with E-state index in [9.17, 15) is 9.50 Å². The highest BCUT2D eigenvalue weighted by Gasteiger charge is 2.33. The summed E-state index contributed by atoms with van der Waals surface area (Å²) in [6, 6.07) is 13.9. The molecule has 0 unspecified atom stereocenters. The van der Waals surface area contributed by atoms with Gasteiger partial charge < -0.3 is 19.3 Å². The molecule has 1 atom stereocenters. The van der Waals surface area contributed by atoms with E-state index >= 15 is 0 Å². The molecule has 1 aliphatic heterocycles. The Bertz CT molecular complexity index is 1060. The number of aliphatic hydroxyl groups is 1. The Hall–Kier alpha value is -2.94. The van der Waals surface area contributed by atoms with Crippen LogP contribution in [0.4, 0.5) is 4.39 Å². The monoisotopic (exact) mass is 469 g/mol. The van der Waals surface area contributed by atoms with Gasteiger partial charge in [0.15, 0.2) is 0 Å². The van der Waals surface area contributed by atoms with Crippen molar-refractivity contribution in [2.45, 2.75) is 32.0 Å². The largest absolute Gasteiger partial charge is 0.494 e. The van der Waals surface area contributed by atoms with Gasteiger partial charge in [-0.1, -0.05) is 18.2 Å². The number of aromatic nitrogens is 2. The molecule has 0 spiro atoms. The summed E-state index contributed by atoms with van der Waals surface area (Å²) in [5.41, 5.74) is 1.05. The van der Waals surface area contributed by atoms with Gasteiger partial charge >= 0.3 is 0 Å². The Labute approximate surface area is 199 Å². The first kappa shape index (κ1) is 24.2. The molecule has 0 amide bonds. The van der Waals surface area contributed by atoms with Crippen LogP contribution in [0.15, 0.2) is 60.9 Å². The lowest BCUT2D eigenvalue weighted by Gasteiger charge is -2.30. The molecule has 1 fully saturated rings. The number of ether oxygens (including phenoxy) is 3. The summed E-state index contributed by atoms with van der Waals surface area (Å²) in [7, 11) is 0. The standard InChI is InChI=1S/C26H32FN3O4/c1-21-15-28-30(16-21)9-4-11-33-24-7-2-5-22(13-24)17-29-10-12-32-19-26(31,18-29)20-34-25-8-3-6-23(27)14-25/h2-3,5-8,13-16,31H,4,9-12,17-20H2,1H3/t26-/m1/s1. The van der Waals surface area contributed by atoms with Crippen LogP contribution in [0.3, 0.4) is 0 Å². The first-order valence-corrected chi connectivity index (χ1v) is 11.6. The summed E-state index contributed by atoms with van der Waals surface area (Å²) in [6.45, 7) is 5.88. The van der Waals surface area contributed by atoms with Crippen molar-refractivity contribution in [1.29, 1.82) is 0 Å². The van der Waals surface area contributed by atoms with Crippen LogP contribution in [0.1, 0.15) is 17.5 Å². The molecule has 3 aromatic rings. The van der Waals surface area contributed by atoms with Crippen molar-refractivity contribution >= 4 is 0 Å². The minimum Gasteiger partial charge on any atom is -0.494 e. The molecule has 0 bridgehead atoms. The zero-order valence-electron chi connectivity index (χ0n) is 19.5. The lowest BCUT2D eigenvalue weighted by atomic mass is 10.1. The van der Waals surface area contributed by atoms with Crippen LogP contribution in [-0.4, -0.2) is 64.9 Å². The normalized spacial score (nSPS) is 19.0. The van der Waals surface area contributed by atoms with E-state index < -0.39 is 5.60 Å². The number of nitrogens with zero attached hydrogens (tertiary/aromatic N) is 3. The van der Waals surface area contributed by atoms with E-state index in [1.165, 1.54) is 12.1 Å². The predicted molar refractivity (Wildman–Crippen MR) is 126 cm³/mol. The second-order valence-corrected chi connectivity index (χ2v) is 8.86. The number of hydrogen-bond acceptors (Lipinski definition) is 6. The second-order valence-electron chi connectivity index (χ2n) is 8.86. The maximum Gasteiger partial charge on any atom is 0.134 e. The third kappa shape index (κ3) is 7.28. The zero-order chi connectivity index (χ0) is 23.8. The molecule has 182 valence electrons. The number of hydrogen-bond donors (Lipinski definition) is 1.